The van der Waals surface area contributed by atoms with Gasteiger partial charge in [-0.15, -0.1) is 0 Å². The third kappa shape index (κ3) is 6.46. The van der Waals surface area contributed by atoms with E-state index < -0.39 is 6.04 Å². The summed E-state index contributed by atoms with van der Waals surface area (Å²) in [6, 6.07) is 18.0. The van der Waals surface area contributed by atoms with Crippen molar-refractivity contribution in [2.45, 2.75) is 63.5 Å². The Morgan fingerprint density at radius 3 is 2.49 bits per heavy atom. The molecule has 0 radical (unpaired) electrons. The molecule has 1 aromatic heterocycles. The Morgan fingerprint density at radius 2 is 1.78 bits per heavy atom. The molecule has 7 nitrogen and oxygen atoms in total. The molecule has 37 heavy (non-hydrogen) atoms. The van der Waals surface area contributed by atoms with Crippen LogP contribution in [0, 0.1) is 6.92 Å². The maximum absolute atomic E-state index is 13.4. The first-order chi connectivity index (χ1) is 18.1. The quantitative estimate of drug-likeness (QED) is 0.410. The first-order valence-corrected chi connectivity index (χ1v) is 13.6. The van der Waals surface area contributed by atoms with Crippen LogP contribution in [0.15, 0.2) is 67.0 Å². The molecule has 1 aliphatic heterocycles. The molecule has 2 aliphatic rings. The van der Waals surface area contributed by atoms with E-state index in [-0.39, 0.29) is 11.8 Å². The maximum Gasteiger partial charge on any atom is 0.251 e. The topological polar surface area (TPSA) is 79.3 Å². The molecule has 2 fully saturated rings. The van der Waals surface area contributed by atoms with Crippen molar-refractivity contribution in [1.29, 1.82) is 0 Å². The van der Waals surface area contributed by atoms with Gasteiger partial charge >= 0.3 is 0 Å². The first kappa shape index (κ1) is 25.2. The zero-order valence-electron chi connectivity index (χ0n) is 21.6. The number of hydrogen-bond donors (Lipinski definition) is 2. The van der Waals surface area contributed by atoms with Crippen LogP contribution in [-0.2, 0) is 4.79 Å². The molecule has 0 unspecified atom stereocenters. The van der Waals surface area contributed by atoms with E-state index >= 15 is 0 Å². The molecule has 1 saturated heterocycles. The second-order valence-corrected chi connectivity index (χ2v) is 10.4. The van der Waals surface area contributed by atoms with Crippen molar-refractivity contribution < 1.29 is 9.59 Å². The SMILES string of the molecule is Cc1ccc([C@@H]2C[C@H]2NCCC[C@H](NC(=O)c2ccc(-n3cccn3)cc2)C(=O)N2CCCCC2)cc1. The number of amides is 2. The zero-order chi connectivity index (χ0) is 25.6. The molecule has 2 amide bonds. The van der Waals surface area contributed by atoms with Gasteiger partial charge < -0.3 is 15.5 Å². The van der Waals surface area contributed by atoms with Gasteiger partial charge in [-0.2, -0.15) is 5.10 Å². The van der Waals surface area contributed by atoms with E-state index in [2.05, 4.69) is 46.9 Å². The molecule has 3 atom stereocenters. The number of piperidine rings is 1. The molecular weight excluding hydrogens is 462 g/mol. The number of carbonyl (C=O) groups excluding carboxylic acids is 2. The van der Waals surface area contributed by atoms with Crippen molar-refractivity contribution in [2.75, 3.05) is 19.6 Å². The normalized spacial score (nSPS) is 19.9. The number of hydrogen-bond acceptors (Lipinski definition) is 4. The average molecular weight is 500 g/mol. The van der Waals surface area contributed by atoms with Gasteiger partial charge in [0.1, 0.15) is 6.04 Å². The van der Waals surface area contributed by atoms with Crippen LogP contribution in [0.2, 0.25) is 0 Å². The van der Waals surface area contributed by atoms with Gasteiger partial charge in [-0.05, 0) is 87.9 Å². The van der Waals surface area contributed by atoms with Crippen LogP contribution in [0.25, 0.3) is 5.69 Å². The van der Waals surface area contributed by atoms with Crippen LogP contribution in [-0.4, -0.2) is 58.2 Å². The molecule has 0 bridgehead atoms. The minimum absolute atomic E-state index is 0.0464. The van der Waals surface area contributed by atoms with Crippen molar-refractivity contribution >= 4 is 11.8 Å². The van der Waals surface area contributed by atoms with Crippen LogP contribution in [0.1, 0.15) is 65.9 Å². The number of nitrogens with one attached hydrogen (secondary N) is 2. The van der Waals surface area contributed by atoms with Crippen LogP contribution in [0.3, 0.4) is 0 Å². The Morgan fingerprint density at radius 1 is 1.03 bits per heavy atom. The fourth-order valence-corrected chi connectivity index (χ4v) is 5.22. The average Bonchev–Trinajstić information content (AvgIpc) is 3.49. The van der Waals surface area contributed by atoms with Gasteiger partial charge in [-0.1, -0.05) is 29.8 Å². The third-order valence-electron chi connectivity index (χ3n) is 7.54. The Hall–Kier alpha value is -3.45. The van der Waals surface area contributed by atoms with E-state index in [0.29, 0.717) is 23.9 Å². The highest BCUT2D eigenvalue weighted by Crippen LogP contribution is 2.40. The Labute approximate surface area is 219 Å². The summed E-state index contributed by atoms with van der Waals surface area (Å²) in [6.45, 7) is 4.51. The summed E-state index contributed by atoms with van der Waals surface area (Å²) in [5.41, 5.74) is 4.11. The highest BCUT2D eigenvalue weighted by Gasteiger charge is 2.37. The molecule has 7 heteroatoms. The number of aromatic nitrogens is 2. The molecule has 3 aromatic rings. The smallest absolute Gasteiger partial charge is 0.251 e. The van der Waals surface area contributed by atoms with E-state index in [4.69, 9.17) is 0 Å². The lowest BCUT2D eigenvalue weighted by molar-refractivity contribution is -0.134. The number of benzene rings is 2. The molecule has 5 rings (SSSR count). The third-order valence-corrected chi connectivity index (χ3v) is 7.54. The van der Waals surface area contributed by atoms with Crippen molar-refractivity contribution in [2.24, 2.45) is 0 Å². The van der Waals surface area contributed by atoms with Crippen LogP contribution < -0.4 is 10.6 Å². The van der Waals surface area contributed by atoms with Gasteiger partial charge in [0.2, 0.25) is 5.91 Å². The van der Waals surface area contributed by atoms with Crippen LogP contribution >= 0.6 is 0 Å². The fraction of sp³-hybridized carbons (Fsp3) is 0.433. The van der Waals surface area contributed by atoms with Gasteiger partial charge in [0.05, 0.1) is 5.69 Å². The van der Waals surface area contributed by atoms with Gasteiger partial charge in [0.25, 0.3) is 5.91 Å². The van der Waals surface area contributed by atoms with Crippen LogP contribution in [0.5, 0.6) is 0 Å². The molecule has 2 heterocycles. The van der Waals surface area contributed by atoms with Gasteiger partial charge in [-0.25, -0.2) is 4.68 Å². The molecule has 1 aliphatic carbocycles. The second kappa shape index (κ2) is 11.7. The Bertz CT molecular complexity index is 1170. The summed E-state index contributed by atoms with van der Waals surface area (Å²) < 4.78 is 1.75. The van der Waals surface area contributed by atoms with E-state index in [0.717, 1.165) is 57.4 Å². The lowest BCUT2D eigenvalue weighted by Crippen LogP contribution is -2.50. The monoisotopic (exact) mass is 499 g/mol. The summed E-state index contributed by atoms with van der Waals surface area (Å²) in [5, 5.41) is 10.9. The van der Waals surface area contributed by atoms with Crippen LogP contribution in [0.4, 0.5) is 0 Å². The van der Waals surface area contributed by atoms with Crippen molar-refractivity contribution in [3.8, 4) is 5.69 Å². The van der Waals surface area contributed by atoms with Gasteiger partial charge in [0, 0.05) is 43.0 Å². The minimum atomic E-state index is -0.509. The highest BCUT2D eigenvalue weighted by molar-refractivity contribution is 5.97. The molecule has 194 valence electrons. The highest BCUT2D eigenvalue weighted by atomic mass is 16.2. The van der Waals surface area contributed by atoms with Crippen molar-refractivity contribution in [3.05, 3.63) is 83.7 Å². The van der Waals surface area contributed by atoms with E-state index in [1.165, 1.54) is 11.1 Å². The molecule has 1 saturated carbocycles. The Kier molecular flexibility index (Phi) is 7.99. The number of aryl methyl sites for hydroxylation is 1. The summed E-state index contributed by atoms with van der Waals surface area (Å²) in [4.78, 5) is 28.4. The van der Waals surface area contributed by atoms with Crippen molar-refractivity contribution in [3.63, 3.8) is 0 Å². The number of carbonyl (C=O) groups is 2. The molecule has 0 spiro atoms. The molecule has 2 aromatic carbocycles. The van der Waals surface area contributed by atoms with Gasteiger partial charge in [0.15, 0.2) is 0 Å². The second-order valence-electron chi connectivity index (χ2n) is 10.4. The standard InChI is InChI=1S/C30H37N5O2/c1-22-8-10-23(11-9-22)26-21-28(26)31-16-5-7-27(30(37)34-18-3-2-4-19-34)33-29(36)24-12-14-25(15-13-24)35-20-6-17-32-35/h6,8-15,17,20,26-28,31H,2-5,7,16,18-19,21H2,1H3,(H,33,36)/t26-,27-,28+/m0/s1. The van der Waals surface area contributed by atoms with E-state index in [1.54, 1.807) is 23.0 Å². The number of likely N-dealkylation sites (tertiary alicyclic amines) is 1. The predicted molar refractivity (Wildman–Crippen MR) is 145 cm³/mol. The lowest BCUT2D eigenvalue weighted by Gasteiger charge is -2.31. The molecule has 2 N–H and O–H groups in total. The van der Waals surface area contributed by atoms with E-state index in [1.807, 2.05) is 29.3 Å². The molecular formula is C30H37N5O2. The summed E-state index contributed by atoms with van der Waals surface area (Å²) >= 11 is 0. The number of rotatable bonds is 10. The lowest BCUT2D eigenvalue weighted by atomic mass is 10.1. The fourth-order valence-electron chi connectivity index (χ4n) is 5.22. The minimum Gasteiger partial charge on any atom is -0.341 e. The van der Waals surface area contributed by atoms with Gasteiger partial charge in [-0.3, -0.25) is 9.59 Å². The maximum atomic E-state index is 13.4. The summed E-state index contributed by atoms with van der Waals surface area (Å²) in [5.74, 6) is 0.415. The van der Waals surface area contributed by atoms with Crippen molar-refractivity contribution in [1.82, 2.24) is 25.3 Å². The largest absolute Gasteiger partial charge is 0.341 e. The Balaban J connectivity index is 1.16. The van der Waals surface area contributed by atoms with E-state index in [9.17, 15) is 9.59 Å². The number of nitrogens with zero attached hydrogens (tertiary/aromatic N) is 3. The predicted octanol–water partition coefficient (Wildman–Crippen LogP) is 4.22. The zero-order valence-corrected chi connectivity index (χ0v) is 21.6. The summed E-state index contributed by atoms with van der Waals surface area (Å²) in [7, 11) is 0. The first-order valence-electron chi connectivity index (χ1n) is 13.6. The summed E-state index contributed by atoms with van der Waals surface area (Å²) in [6.07, 6.45) is 9.43.